The number of hydrogen-bond donors (Lipinski definition) is 1. The predicted molar refractivity (Wildman–Crippen MR) is 107 cm³/mol. The Morgan fingerprint density at radius 3 is 2.33 bits per heavy atom. The van der Waals surface area contributed by atoms with Crippen molar-refractivity contribution in [1.29, 1.82) is 0 Å². The average molecular weight is 353 g/mol. The van der Waals surface area contributed by atoms with Gasteiger partial charge in [0.15, 0.2) is 0 Å². The van der Waals surface area contributed by atoms with Gasteiger partial charge in [0.2, 0.25) is 0 Å². The Labute approximate surface area is 157 Å². The fourth-order valence-electron chi connectivity index (χ4n) is 4.24. The van der Waals surface area contributed by atoms with Crippen molar-refractivity contribution in [2.45, 2.75) is 18.9 Å². The highest BCUT2D eigenvalue weighted by Crippen LogP contribution is 2.39. The van der Waals surface area contributed by atoms with E-state index in [-0.39, 0.29) is 17.4 Å². The smallest absolute Gasteiger partial charge is 0.258 e. The first-order valence-corrected chi connectivity index (χ1v) is 9.21. The molecule has 3 aromatic carbocycles. The van der Waals surface area contributed by atoms with Gasteiger partial charge in [-0.1, -0.05) is 72.8 Å². The lowest BCUT2D eigenvalue weighted by molar-refractivity contribution is 0.471. The Morgan fingerprint density at radius 1 is 0.889 bits per heavy atom. The summed E-state index contributed by atoms with van der Waals surface area (Å²) in [5.74, 6) is 0.116. The van der Waals surface area contributed by atoms with Gasteiger partial charge in [-0.05, 0) is 29.2 Å². The van der Waals surface area contributed by atoms with Gasteiger partial charge >= 0.3 is 0 Å². The van der Waals surface area contributed by atoms with E-state index >= 15 is 0 Å². The molecule has 3 nitrogen and oxygen atoms in total. The van der Waals surface area contributed by atoms with Gasteiger partial charge in [-0.3, -0.25) is 9.36 Å². The zero-order valence-corrected chi connectivity index (χ0v) is 14.8. The molecule has 1 aliphatic rings. The topological polar surface area (TPSA) is 42.2 Å². The summed E-state index contributed by atoms with van der Waals surface area (Å²) < 4.78 is 1.89. The van der Waals surface area contributed by atoms with Gasteiger partial charge < -0.3 is 5.11 Å². The minimum atomic E-state index is -0.0948. The monoisotopic (exact) mass is 353 g/mol. The molecule has 1 aromatic heterocycles. The summed E-state index contributed by atoms with van der Waals surface area (Å²) in [6, 6.07) is 25.9. The Balaban J connectivity index is 1.77. The van der Waals surface area contributed by atoms with Gasteiger partial charge in [0.1, 0.15) is 5.75 Å². The third-order valence-electron chi connectivity index (χ3n) is 5.51. The normalized spacial score (nSPS) is 15.3. The molecule has 5 rings (SSSR count). The molecule has 0 radical (unpaired) electrons. The van der Waals surface area contributed by atoms with E-state index in [2.05, 4.69) is 18.2 Å². The number of para-hydroxylation sites is 1. The standard InChI is InChI=1S/C24H19NO2/c26-23-19-13-7-12-18-15-21(17-10-5-2-6-11-17)25(22(18)19)24(27)20(23)14-16-8-3-1-4-9-16/h1-13,21,26H,14-15H2. The van der Waals surface area contributed by atoms with Crippen LogP contribution in [0.1, 0.15) is 28.3 Å². The molecule has 132 valence electrons. The van der Waals surface area contributed by atoms with Crippen LogP contribution in [-0.2, 0) is 12.8 Å². The number of rotatable bonds is 3. The summed E-state index contributed by atoms with van der Waals surface area (Å²) in [6.07, 6.45) is 1.19. The lowest BCUT2D eigenvalue weighted by Gasteiger charge is -2.17. The van der Waals surface area contributed by atoms with Crippen molar-refractivity contribution in [3.05, 3.63) is 111 Å². The number of hydrogen-bond acceptors (Lipinski definition) is 2. The van der Waals surface area contributed by atoms with E-state index in [0.29, 0.717) is 12.0 Å². The number of aromatic nitrogens is 1. The first kappa shape index (κ1) is 15.9. The third kappa shape index (κ3) is 2.47. The van der Waals surface area contributed by atoms with Crippen LogP contribution in [-0.4, -0.2) is 9.67 Å². The Hall–Kier alpha value is -3.33. The van der Waals surface area contributed by atoms with E-state index in [0.717, 1.165) is 34.0 Å². The zero-order valence-electron chi connectivity index (χ0n) is 14.8. The van der Waals surface area contributed by atoms with Crippen LogP contribution in [0.3, 0.4) is 0 Å². The van der Waals surface area contributed by atoms with Crippen molar-refractivity contribution in [1.82, 2.24) is 4.57 Å². The molecular weight excluding hydrogens is 334 g/mol. The second kappa shape index (κ2) is 6.13. The van der Waals surface area contributed by atoms with Crippen molar-refractivity contribution >= 4 is 10.9 Å². The Bertz CT molecular complexity index is 1190. The van der Waals surface area contributed by atoms with Gasteiger partial charge in [-0.2, -0.15) is 0 Å². The maximum absolute atomic E-state index is 13.5. The van der Waals surface area contributed by atoms with Crippen LogP contribution in [0.4, 0.5) is 0 Å². The summed E-state index contributed by atoms with van der Waals surface area (Å²) in [5.41, 5.74) is 4.48. The summed E-state index contributed by atoms with van der Waals surface area (Å²) in [5, 5.41) is 11.7. The SMILES string of the molecule is O=c1c(Cc2ccccc2)c(O)c2cccc3c2n1C(c1ccccc1)C3. The lowest BCUT2D eigenvalue weighted by atomic mass is 10.0. The summed E-state index contributed by atoms with van der Waals surface area (Å²) in [6.45, 7) is 0. The summed E-state index contributed by atoms with van der Waals surface area (Å²) in [4.78, 5) is 13.5. The van der Waals surface area contributed by atoms with E-state index < -0.39 is 0 Å². The second-order valence-electron chi connectivity index (χ2n) is 7.11. The highest BCUT2D eigenvalue weighted by atomic mass is 16.3. The van der Waals surface area contributed by atoms with Crippen LogP contribution in [0.15, 0.2) is 83.7 Å². The van der Waals surface area contributed by atoms with E-state index in [1.807, 2.05) is 65.2 Å². The van der Waals surface area contributed by atoms with Gasteiger partial charge in [-0.25, -0.2) is 0 Å². The van der Waals surface area contributed by atoms with Crippen molar-refractivity contribution in [2.75, 3.05) is 0 Å². The largest absolute Gasteiger partial charge is 0.507 e. The fourth-order valence-corrected chi connectivity index (χ4v) is 4.24. The van der Waals surface area contributed by atoms with Gasteiger partial charge in [-0.15, -0.1) is 0 Å². The highest BCUT2D eigenvalue weighted by Gasteiger charge is 2.29. The maximum atomic E-state index is 13.5. The number of pyridine rings is 1. The quantitative estimate of drug-likeness (QED) is 0.591. The van der Waals surface area contributed by atoms with Gasteiger partial charge in [0.25, 0.3) is 5.56 Å². The molecule has 0 spiro atoms. The van der Waals surface area contributed by atoms with Crippen LogP contribution in [0.2, 0.25) is 0 Å². The van der Waals surface area contributed by atoms with Crippen LogP contribution < -0.4 is 5.56 Å². The lowest BCUT2D eigenvalue weighted by Crippen LogP contribution is -2.26. The molecule has 2 heterocycles. The van der Waals surface area contributed by atoms with Gasteiger partial charge in [0.05, 0.1) is 17.1 Å². The molecule has 1 unspecified atom stereocenters. The van der Waals surface area contributed by atoms with Crippen molar-refractivity contribution in [3.8, 4) is 5.75 Å². The molecule has 1 N–H and O–H groups in total. The average Bonchev–Trinajstić information content (AvgIpc) is 3.11. The molecular formula is C24H19NO2. The van der Waals surface area contributed by atoms with E-state index in [9.17, 15) is 9.90 Å². The van der Waals surface area contributed by atoms with Crippen LogP contribution in [0.5, 0.6) is 5.75 Å². The molecule has 0 amide bonds. The minimum Gasteiger partial charge on any atom is -0.507 e. The number of benzene rings is 3. The Kier molecular flexibility index (Phi) is 3.61. The van der Waals surface area contributed by atoms with Crippen molar-refractivity contribution in [3.63, 3.8) is 0 Å². The molecule has 0 bridgehead atoms. The van der Waals surface area contributed by atoms with Gasteiger partial charge in [0, 0.05) is 11.8 Å². The molecule has 4 aromatic rings. The van der Waals surface area contributed by atoms with E-state index in [1.54, 1.807) is 0 Å². The summed E-state index contributed by atoms with van der Waals surface area (Å²) in [7, 11) is 0. The van der Waals surface area contributed by atoms with E-state index in [1.165, 1.54) is 0 Å². The fraction of sp³-hybridized carbons (Fsp3) is 0.125. The first-order chi connectivity index (χ1) is 13.2. The minimum absolute atomic E-state index is 0.0336. The highest BCUT2D eigenvalue weighted by molar-refractivity contribution is 5.90. The first-order valence-electron chi connectivity index (χ1n) is 9.21. The van der Waals surface area contributed by atoms with Crippen molar-refractivity contribution < 1.29 is 5.11 Å². The second-order valence-corrected chi connectivity index (χ2v) is 7.11. The van der Waals surface area contributed by atoms with Crippen LogP contribution in [0.25, 0.3) is 10.9 Å². The third-order valence-corrected chi connectivity index (χ3v) is 5.51. The summed E-state index contributed by atoms with van der Waals surface area (Å²) >= 11 is 0. The van der Waals surface area contributed by atoms with E-state index in [4.69, 9.17) is 0 Å². The Morgan fingerprint density at radius 2 is 1.59 bits per heavy atom. The molecule has 0 saturated carbocycles. The zero-order chi connectivity index (χ0) is 18.4. The molecule has 0 fully saturated rings. The number of nitrogens with zero attached hydrogens (tertiary/aromatic N) is 1. The number of aromatic hydroxyl groups is 1. The molecule has 0 saturated heterocycles. The molecule has 1 atom stereocenters. The van der Waals surface area contributed by atoms with Crippen LogP contribution >= 0.6 is 0 Å². The predicted octanol–water partition coefficient (Wildman–Crippen LogP) is 4.44. The molecule has 0 aliphatic carbocycles. The van der Waals surface area contributed by atoms with Crippen molar-refractivity contribution in [2.24, 2.45) is 0 Å². The van der Waals surface area contributed by atoms with Crippen LogP contribution in [0, 0.1) is 0 Å². The molecule has 3 heteroatoms. The molecule has 1 aliphatic heterocycles. The molecule has 27 heavy (non-hydrogen) atoms. The maximum Gasteiger partial charge on any atom is 0.258 e.